The van der Waals surface area contributed by atoms with E-state index in [1.54, 1.807) is 5.38 Å². The van der Waals surface area contributed by atoms with Crippen LogP contribution in [-0.2, 0) is 6.54 Å². The van der Waals surface area contributed by atoms with Crippen LogP contribution in [0.1, 0.15) is 5.01 Å². The predicted molar refractivity (Wildman–Crippen MR) is 58.5 cm³/mol. The fourth-order valence-electron chi connectivity index (χ4n) is 1.27. The van der Waals surface area contributed by atoms with Crippen molar-refractivity contribution in [3.8, 4) is 11.3 Å². The lowest BCUT2D eigenvalue weighted by atomic mass is 10.2. The monoisotopic (exact) mass is 241 g/mol. The van der Waals surface area contributed by atoms with E-state index >= 15 is 0 Å². The fraction of sp³-hybridized carbons (Fsp3) is 0.100. The summed E-state index contributed by atoms with van der Waals surface area (Å²) in [5.41, 5.74) is 3.66. The first-order valence-electron chi connectivity index (χ1n) is 4.54. The Morgan fingerprint density at radius 2 is 2.12 bits per heavy atom. The van der Waals surface area contributed by atoms with E-state index in [4.69, 9.17) is 5.84 Å². The number of nitrogens with one attached hydrogen (secondary N) is 1. The normalized spacial score (nSPS) is 10.7. The van der Waals surface area contributed by atoms with Crippen LogP contribution in [0.2, 0.25) is 0 Å². The number of hydrogen-bond donors (Lipinski definition) is 2. The standard InChI is InChI=1S/C10H9F2N3S/c11-7-2-1-6(3-8(7)12)9-5-16-10(15-9)4-14-13/h1-3,5,14H,4,13H2. The third-order valence-electron chi connectivity index (χ3n) is 2.02. The number of nitrogens with zero attached hydrogens (tertiary/aromatic N) is 1. The summed E-state index contributed by atoms with van der Waals surface area (Å²) in [5.74, 6) is 3.43. The summed E-state index contributed by atoms with van der Waals surface area (Å²) >= 11 is 1.41. The molecule has 84 valence electrons. The van der Waals surface area contributed by atoms with Gasteiger partial charge in [-0.05, 0) is 18.2 Å². The molecule has 0 saturated heterocycles. The molecule has 0 unspecified atom stereocenters. The Morgan fingerprint density at radius 1 is 1.31 bits per heavy atom. The van der Waals surface area contributed by atoms with Crippen LogP contribution in [0, 0.1) is 11.6 Å². The van der Waals surface area contributed by atoms with Crippen molar-refractivity contribution in [3.63, 3.8) is 0 Å². The molecule has 2 rings (SSSR count). The van der Waals surface area contributed by atoms with E-state index in [0.29, 0.717) is 17.8 Å². The van der Waals surface area contributed by atoms with Gasteiger partial charge in [-0.3, -0.25) is 11.3 Å². The van der Waals surface area contributed by atoms with Gasteiger partial charge in [0.2, 0.25) is 0 Å². The van der Waals surface area contributed by atoms with E-state index in [9.17, 15) is 8.78 Å². The first kappa shape index (κ1) is 11.1. The first-order chi connectivity index (χ1) is 7.70. The quantitative estimate of drug-likeness (QED) is 0.638. The number of hydrazine groups is 1. The van der Waals surface area contributed by atoms with Gasteiger partial charge in [-0.1, -0.05) is 0 Å². The minimum Gasteiger partial charge on any atom is -0.271 e. The minimum atomic E-state index is -0.871. The van der Waals surface area contributed by atoms with Crippen molar-refractivity contribution in [1.82, 2.24) is 10.4 Å². The van der Waals surface area contributed by atoms with E-state index in [1.807, 2.05) is 0 Å². The second kappa shape index (κ2) is 4.65. The minimum absolute atomic E-state index is 0.453. The van der Waals surface area contributed by atoms with Crippen LogP contribution in [0.4, 0.5) is 8.78 Å². The van der Waals surface area contributed by atoms with Crippen molar-refractivity contribution < 1.29 is 8.78 Å². The average Bonchev–Trinajstić information content (AvgIpc) is 2.71. The SMILES string of the molecule is NNCc1nc(-c2ccc(F)c(F)c2)cs1. The molecule has 0 bridgehead atoms. The molecule has 0 saturated carbocycles. The Bertz CT molecular complexity index is 499. The highest BCUT2D eigenvalue weighted by molar-refractivity contribution is 7.09. The van der Waals surface area contributed by atoms with E-state index in [1.165, 1.54) is 17.4 Å². The van der Waals surface area contributed by atoms with Crippen LogP contribution in [0.3, 0.4) is 0 Å². The van der Waals surface area contributed by atoms with Gasteiger partial charge in [0.05, 0.1) is 12.2 Å². The number of nitrogens with two attached hydrogens (primary N) is 1. The molecular formula is C10H9F2N3S. The van der Waals surface area contributed by atoms with Crippen molar-refractivity contribution in [2.45, 2.75) is 6.54 Å². The molecule has 0 atom stereocenters. The van der Waals surface area contributed by atoms with Gasteiger partial charge in [0.15, 0.2) is 11.6 Å². The van der Waals surface area contributed by atoms with E-state index in [0.717, 1.165) is 17.1 Å². The maximum atomic E-state index is 13.0. The summed E-state index contributed by atoms with van der Waals surface area (Å²) in [6.45, 7) is 0.453. The third kappa shape index (κ3) is 2.24. The van der Waals surface area contributed by atoms with Crippen LogP contribution >= 0.6 is 11.3 Å². The number of thiazole rings is 1. The first-order valence-corrected chi connectivity index (χ1v) is 5.42. The van der Waals surface area contributed by atoms with Crippen LogP contribution in [-0.4, -0.2) is 4.98 Å². The zero-order chi connectivity index (χ0) is 11.5. The summed E-state index contributed by atoms with van der Waals surface area (Å²) in [4.78, 5) is 4.23. The highest BCUT2D eigenvalue weighted by Gasteiger charge is 2.07. The van der Waals surface area contributed by atoms with Gasteiger partial charge < -0.3 is 0 Å². The summed E-state index contributed by atoms with van der Waals surface area (Å²) in [5, 5.41) is 2.57. The number of halogens is 2. The molecule has 1 heterocycles. The average molecular weight is 241 g/mol. The van der Waals surface area contributed by atoms with Crippen molar-refractivity contribution in [3.05, 3.63) is 40.2 Å². The zero-order valence-corrected chi connectivity index (χ0v) is 9.02. The zero-order valence-electron chi connectivity index (χ0n) is 8.21. The number of hydrogen-bond acceptors (Lipinski definition) is 4. The van der Waals surface area contributed by atoms with Crippen LogP contribution in [0.5, 0.6) is 0 Å². The van der Waals surface area contributed by atoms with Crippen LogP contribution < -0.4 is 11.3 Å². The third-order valence-corrected chi connectivity index (χ3v) is 2.87. The number of aromatic nitrogens is 1. The van der Waals surface area contributed by atoms with Gasteiger partial charge in [-0.25, -0.2) is 13.8 Å². The second-order valence-electron chi connectivity index (χ2n) is 3.14. The molecule has 0 aliphatic carbocycles. The molecule has 0 radical (unpaired) electrons. The van der Waals surface area contributed by atoms with Crippen LogP contribution in [0.15, 0.2) is 23.6 Å². The summed E-state index contributed by atoms with van der Waals surface area (Å²) in [6, 6.07) is 3.71. The fourth-order valence-corrected chi connectivity index (χ4v) is 2.02. The molecule has 1 aromatic heterocycles. The van der Waals surface area contributed by atoms with Gasteiger partial charge in [-0.2, -0.15) is 0 Å². The molecule has 0 amide bonds. The van der Waals surface area contributed by atoms with Gasteiger partial charge in [0.25, 0.3) is 0 Å². The second-order valence-corrected chi connectivity index (χ2v) is 4.08. The van der Waals surface area contributed by atoms with Crippen molar-refractivity contribution in [1.29, 1.82) is 0 Å². The van der Waals surface area contributed by atoms with Gasteiger partial charge in [-0.15, -0.1) is 11.3 Å². The van der Waals surface area contributed by atoms with E-state index < -0.39 is 11.6 Å². The lowest BCUT2D eigenvalue weighted by molar-refractivity contribution is 0.509. The van der Waals surface area contributed by atoms with Gasteiger partial charge in [0.1, 0.15) is 5.01 Å². The molecule has 0 fully saturated rings. The maximum absolute atomic E-state index is 13.0. The summed E-state index contributed by atoms with van der Waals surface area (Å²) in [6.07, 6.45) is 0. The molecule has 0 aliphatic heterocycles. The molecule has 6 heteroatoms. The molecular weight excluding hydrogens is 232 g/mol. The molecule has 16 heavy (non-hydrogen) atoms. The topological polar surface area (TPSA) is 50.9 Å². The Hall–Kier alpha value is -1.37. The molecule has 3 N–H and O–H groups in total. The Morgan fingerprint density at radius 3 is 2.81 bits per heavy atom. The van der Waals surface area contributed by atoms with Crippen LogP contribution in [0.25, 0.3) is 11.3 Å². The molecule has 3 nitrogen and oxygen atoms in total. The maximum Gasteiger partial charge on any atom is 0.159 e. The molecule has 0 aliphatic rings. The van der Waals surface area contributed by atoms with Gasteiger partial charge in [0, 0.05) is 10.9 Å². The van der Waals surface area contributed by atoms with E-state index in [-0.39, 0.29) is 0 Å². The van der Waals surface area contributed by atoms with Gasteiger partial charge >= 0.3 is 0 Å². The Balaban J connectivity index is 2.31. The van der Waals surface area contributed by atoms with Crippen molar-refractivity contribution in [2.24, 2.45) is 5.84 Å². The lowest BCUT2D eigenvalue weighted by Crippen LogP contribution is -2.20. The molecule has 1 aromatic carbocycles. The molecule has 2 aromatic rings. The predicted octanol–water partition coefficient (Wildman–Crippen LogP) is 2.05. The number of benzene rings is 1. The Kier molecular flexibility index (Phi) is 3.23. The largest absolute Gasteiger partial charge is 0.271 e. The van der Waals surface area contributed by atoms with Crippen molar-refractivity contribution in [2.75, 3.05) is 0 Å². The van der Waals surface area contributed by atoms with Crippen molar-refractivity contribution >= 4 is 11.3 Å². The molecule has 0 spiro atoms. The lowest BCUT2D eigenvalue weighted by Gasteiger charge is -1.97. The summed E-state index contributed by atoms with van der Waals surface area (Å²) < 4.78 is 25.7. The summed E-state index contributed by atoms with van der Waals surface area (Å²) in [7, 11) is 0. The highest BCUT2D eigenvalue weighted by atomic mass is 32.1. The Labute approximate surface area is 94.9 Å². The smallest absolute Gasteiger partial charge is 0.159 e. The highest BCUT2D eigenvalue weighted by Crippen LogP contribution is 2.23. The number of rotatable bonds is 3. The van der Waals surface area contributed by atoms with E-state index in [2.05, 4.69) is 10.4 Å².